The zero-order valence-corrected chi connectivity index (χ0v) is 16.3. The molecule has 0 aromatic heterocycles. The summed E-state index contributed by atoms with van der Waals surface area (Å²) in [6.45, 7) is 10.0. The van der Waals surface area contributed by atoms with E-state index in [9.17, 15) is 9.18 Å². The molecule has 5 heteroatoms. The van der Waals surface area contributed by atoms with Gasteiger partial charge in [-0.3, -0.25) is 9.69 Å². The molecule has 0 unspecified atom stereocenters. The molecule has 0 radical (unpaired) electrons. The maximum Gasteiger partial charge on any atom is 0.324 e. The molecule has 1 aliphatic heterocycles. The molecule has 1 heterocycles. The van der Waals surface area contributed by atoms with Crippen LogP contribution >= 0.6 is 0 Å². The zero-order chi connectivity index (χ0) is 18.9. The van der Waals surface area contributed by atoms with Crippen molar-refractivity contribution < 1.29 is 13.9 Å². The van der Waals surface area contributed by atoms with E-state index in [0.717, 1.165) is 38.0 Å². The summed E-state index contributed by atoms with van der Waals surface area (Å²) in [6.07, 6.45) is 2.65. The van der Waals surface area contributed by atoms with Crippen molar-refractivity contribution in [3.8, 4) is 0 Å². The number of nitrogens with one attached hydrogen (secondary N) is 1. The molecule has 3 rings (SSSR count). The molecule has 2 aliphatic rings. The van der Waals surface area contributed by atoms with Crippen molar-refractivity contribution in [3.63, 3.8) is 0 Å². The first kappa shape index (κ1) is 19.3. The summed E-state index contributed by atoms with van der Waals surface area (Å²) < 4.78 is 20.3. The Labute approximate surface area is 156 Å². The lowest BCUT2D eigenvalue weighted by Gasteiger charge is -2.37. The highest BCUT2D eigenvalue weighted by Crippen LogP contribution is 2.40. The Hall–Kier alpha value is -1.46. The number of hydrogen-bond donors (Lipinski definition) is 1. The summed E-state index contributed by atoms with van der Waals surface area (Å²) >= 11 is 0. The molecule has 0 bridgehead atoms. The van der Waals surface area contributed by atoms with Crippen LogP contribution < -0.4 is 5.32 Å². The monoisotopic (exact) mass is 362 g/mol. The summed E-state index contributed by atoms with van der Waals surface area (Å²) in [6, 6.07) is 5.37. The standard InChI is InChI=1S/C21H31FN2O2/c1-14-13-24(10-9-23-14)19(20(25)26-21(2,3)4)12-17-8-7-16(11-18(17)22)15-5-6-15/h7-8,11,14-15,19,23H,5-6,9-10,12-13H2,1-4H3/t14-,19-/m0/s1. The molecule has 144 valence electrons. The minimum atomic E-state index is -0.552. The van der Waals surface area contributed by atoms with Gasteiger partial charge in [0.1, 0.15) is 17.5 Å². The van der Waals surface area contributed by atoms with Gasteiger partial charge in [-0.05, 0) is 63.6 Å². The number of halogens is 1. The van der Waals surface area contributed by atoms with Crippen molar-refractivity contribution >= 4 is 5.97 Å². The number of rotatable bonds is 5. The van der Waals surface area contributed by atoms with E-state index >= 15 is 0 Å². The highest BCUT2D eigenvalue weighted by molar-refractivity contribution is 5.76. The van der Waals surface area contributed by atoms with E-state index in [4.69, 9.17) is 4.74 Å². The predicted octanol–water partition coefficient (Wildman–Crippen LogP) is 3.25. The fourth-order valence-corrected chi connectivity index (χ4v) is 3.58. The predicted molar refractivity (Wildman–Crippen MR) is 101 cm³/mol. The molecule has 1 saturated heterocycles. The van der Waals surface area contributed by atoms with Crippen molar-refractivity contribution in [2.45, 2.75) is 70.6 Å². The maximum atomic E-state index is 14.7. The Morgan fingerprint density at radius 3 is 2.69 bits per heavy atom. The molecule has 2 fully saturated rings. The van der Waals surface area contributed by atoms with Crippen LogP contribution in [0, 0.1) is 5.82 Å². The Morgan fingerprint density at radius 2 is 2.12 bits per heavy atom. The highest BCUT2D eigenvalue weighted by Gasteiger charge is 2.33. The second kappa shape index (κ2) is 7.65. The van der Waals surface area contributed by atoms with E-state index in [2.05, 4.69) is 17.1 Å². The van der Waals surface area contributed by atoms with Crippen molar-refractivity contribution in [2.75, 3.05) is 19.6 Å². The van der Waals surface area contributed by atoms with Crippen molar-refractivity contribution in [3.05, 3.63) is 35.1 Å². The fourth-order valence-electron chi connectivity index (χ4n) is 3.58. The van der Waals surface area contributed by atoms with Gasteiger partial charge in [-0.1, -0.05) is 12.1 Å². The van der Waals surface area contributed by atoms with E-state index < -0.39 is 11.6 Å². The Morgan fingerprint density at radius 1 is 1.38 bits per heavy atom. The van der Waals surface area contributed by atoms with Crippen LogP contribution in [0.1, 0.15) is 57.6 Å². The number of hydrogen-bond acceptors (Lipinski definition) is 4. The molecule has 26 heavy (non-hydrogen) atoms. The number of esters is 1. The van der Waals surface area contributed by atoms with Gasteiger partial charge < -0.3 is 10.1 Å². The molecule has 0 amide bonds. The van der Waals surface area contributed by atoms with E-state index in [0.29, 0.717) is 23.9 Å². The third-order valence-corrected chi connectivity index (χ3v) is 5.06. The normalized spacial score (nSPS) is 22.9. The van der Waals surface area contributed by atoms with Gasteiger partial charge in [0.2, 0.25) is 0 Å². The van der Waals surface area contributed by atoms with E-state index in [1.54, 1.807) is 6.07 Å². The van der Waals surface area contributed by atoms with Gasteiger partial charge in [0.15, 0.2) is 0 Å². The lowest BCUT2D eigenvalue weighted by Crippen LogP contribution is -2.56. The molecule has 1 N–H and O–H groups in total. The largest absolute Gasteiger partial charge is 0.459 e. The SMILES string of the molecule is C[C@H]1CN([C@@H](Cc2ccc(C3CC3)cc2F)C(=O)OC(C)(C)C)CCN1. The van der Waals surface area contributed by atoms with Crippen LogP contribution in [0.3, 0.4) is 0 Å². The van der Waals surface area contributed by atoms with Crippen LogP contribution in [0.15, 0.2) is 18.2 Å². The van der Waals surface area contributed by atoms with E-state index in [1.807, 2.05) is 32.9 Å². The van der Waals surface area contributed by atoms with Crippen LogP contribution in [0.4, 0.5) is 4.39 Å². The lowest BCUT2D eigenvalue weighted by atomic mass is 9.99. The minimum Gasteiger partial charge on any atom is -0.459 e. The number of nitrogens with zero attached hydrogens (tertiary/aromatic N) is 1. The molecule has 1 aromatic rings. The highest BCUT2D eigenvalue weighted by atomic mass is 19.1. The Bertz CT molecular complexity index is 652. The Balaban J connectivity index is 1.79. The summed E-state index contributed by atoms with van der Waals surface area (Å²) in [4.78, 5) is 15.0. The van der Waals surface area contributed by atoms with Crippen LogP contribution in [0.5, 0.6) is 0 Å². The van der Waals surface area contributed by atoms with Crippen molar-refractivity contribution in [1.29, 1.82) is 0 Å². The average molecular weight is 362 g/mol. The van der Waals surface area contributed by atoms with E-state index in [1.165, 1.54) is 0 Å². The van der Waals surface area contributed by atoms with Gasteiger partial charge in [0.05, 0.1) is 0 Å². The summed E-state index contributed by atoms with van der Waals surface area (Å²) in [5.74, 6) is 0.0534. The number of carbonyl (C=O) groups excluding carboxylic acids is 1. The number of benzene rings is 1. The van der Waals surface area contributed by atoms with E-state index in [-0.39, 0.29) is 11.8 Å². The molecule has 1 aliphatic carbocycles. The zero-order valence-electron chi connectivity index (χ0n) is 16.3. The lowest BCUT2D eigenvalue weighted by molar-refractivity contribution is -0.162. The number of ether oxygens (including phenoxy) is 1. The molecule has 1 aromatic carbocycles. The van der Waals surface area contributed by atoms with Gasteiger partial charge in [-0.15, -0.1) is 0 Å². The molecule has 0 spiro atoms. The van der Waals surface area contributed by atoms with Crippen LogP contribution in [0.2, 0.25) is 0 Å². The minimum absolute atomic E-state index is 0.203. The van der Waals surface area contributed by atoms with Crippen molar-refractivity contribution in [1.82, 2.24) is 10.2 Å². The van der Waals surface area contributed by atoms with Gasteiger partial charge in [0.25, 0.3) is 0 Å². The quantitative estimate of drug-likeness (QED) is 0.817. The first-order valence-electron chi connectivity index (χ1n) is 9.71. The molecule has 1 saturated carbocycles. The maximum absolute atomic E-state index is 14.7. The summed E-state index contributed by atoms with van der Waals surface area (Å²) in [5.41, 5.74) is 1.12. The first-order valence-corrected chi connectivity index (χ1v) is 9.71. The van der Waals surface area contributed by atoms with Gasteiger partial charge in [-0.2, -0.15) is 0 Å². The van der Waals surface area contributed by atoms with Gasteiger partial charge in [-0.25, -0.2) is 4.39 Å². The van der Waals surface area contributed by atoms with Crippen LogP contribution in [-0.4, -0.2) is 48.2 Å². The topological polar surface area (TPSA) is 41.6 Å². The van der Waals surface area contributed by atoms with Crippen molar-refractivity contribution in [2.24, 2.45) is 0 Å². The number of carbonyl (C=O) groups is 1. The molecule has 2 atom stereocenters. The Kier molecular flexibility index (Phi) is 5.68. The van der Waals surface area contributed by atoms with Gasteiger partial charge >= 0.3 is 5.97 Å². The third kappa shape index (κ3) is 5.04. The average Bonchev–Trinajstić information content (AvgIpc) is 3.36. The molecular weight excluding hydrogens is 331 g/mol. The van der Waals surface area contributed by atoms with Crippen LogP contribution in [-0.2, 0) is 16.0 Å². The van der Waals surface area contributed by atoms with Gasteiger partial charge in [0, 0.05) is 32.1 Å². The third-order valence-electron chi connectivity index (χ3n) is 5.06. The molecular formula is C21H31FN2O2. The van der Waals surface area contributed by atoms with Crippen LogP contribution in [0.25, 0.3) is 0 Å². The number of piperazine rings is 1. The second-order valence-electron chi connectivity index (χ2n) is 8.73. The summed E-state index contributed by atoms with van der Waals surface area (Å²) in [7, 11) is 0. The second-order valence-corrected chi connectivity index (χ2v) is 8.73. The molecule has 4 nitrogen and oxygen atoms in total. The smallest absolute Gasteiger partial charge is 0.324 e. The fraction of sp³-hybridized carbons (Fsp3) is 0.667. The first-order chi connectivity index (χ1) is 12.2. The summed E-state index contributed by atoms with van der Waals surface area (Å²) in [5, 5.41) is 3.39.